The minimum Gasteiger partial charge on any atom is -0.394 e. The molecule has 0 aliphatic carbocycles. The van der Waals surface area contributed by atoms with Gasteiger partial charge in [0.25, 0.3) is 0 Å². The quantitative estimate of drug-likeness (QED) is 0.0308. The molecule has 0 aromatic rings. The van der Waals surface area contributed by atoms with Crippen LogP contribution in [-0.2, 0) is 42.7 Å². The highest BCUT2D eigenvalue weighted by Crippen LogP contribution is 2.35. The standard InChI is InChI=1S/C60H112N2O20/c1-5-7-9-11-13-15-17-19-21-23-25-27-29-31-41(65)40(62-45(66)32-30-28-26-24-22-20-18-16-14-12-10-8-6-2)37-76-58-46(61)56(75-34-33-42-49(69)51(71)47(67)38(3)77-42)55(44(36-64)80-58)81-60-57(53(73)50(70)43(35-63)79-60)82-59-54(74)52(72)48(68)39(4)78-59/h29,31,38-44,46-60,63-65,67-74H,5-28,30,32-37,61H2,1-4H3,(H,62,66)/b31-29+/t38?,39?,40?,41?,42-,43?,44?,46?,47?,48+,49?,50+,51-,52?,53?,54?,55+,56?,57?,58-,59+,60+/m1/s1. The molecule has 0 aromatic heterocycles. The summed E-state index contributed by atoms with van der Waals surface area (Å²) in [7, 11) is 0. The van der Waals surface area contributed by atoms with Crippen molar-refractivity contribution in [3.05, 3.63) is 12.2 Å². The first-order valence-electron chi connectivity index (χ1n) is 31.7. The molecule has 14 unspecified atom stereocenters. The Labute approximate surface area is 488 Å². The maximum Gasteiger partial charge on any atom is 0.220 e. The largest absolute Gasteiger partial charge is 0.394 e. The maximum atomic E-state index is 13.6. The average Bonchev–Trinajstić information content (AvgIpc) is 3.46. The maximum absolute atomic E-state index is 13.6. The first-order chi connectivity index (χ1) is 39.5. The van der Waals surface area contributed by atoms with E-state index in [1.165, 1.54) is 123 Å². The second-order valence-electron chi connectivity index (χ2n) is 23.6. The first-order valence-corrected chi connectivity index (χ1v) is 31.7. The average molecular weight is 1180 g/mol. The molecule has 14 N–H and O–H groups in total. The number of rotatable bonds is 42. The predicted octanol–water partition coefficient (Wildman–Crippen LogP) is 3.31. The molecular weight excluding hydrogens is 1070 g/mol. The SMILES string of the molecule is CCCCCCCCCCCCC/C=C/C(O)C(CO[C@@H]1OC(CO)[C@H](O[C@@H]2OC(CO)[C@H](O)C(O)C2O[C@@H]2OC(C)[C@H](O)C(O)C2O)C(OCC[C@H]2OC(C)C(O)[C@@H](O)C2O)C1N)NC(=O)CCCCCCCCCCCCCCC. The van der Waals surface area contributed by atoms with Crippen LogP contribution >= 0.6 is 0 Å². The number of amides is 1. The van der Waals surface area contributed by atoms with Crippen molar-refractivity contribution in [1.29, 1.82) is 0 Å². The lowest BCUT2D eigenvalue weighted by molar-refractivity contribution is -0.383. The van der Waals surface area contributed by atoms with Crippen molar-refractivity contribution < 1.29 is 98.9 Å². The van der Waals surface area contributed by atoms with E-state index in [0.29, 0.717) is 6.42 Å². The van der Waals surface area contributed by atoms with Crippen LogP contribution in [0.5, 0.6) is 0 Å². The minimum atomic E-state index is -1.89. The van der Waals surface area contributed by atoms with Gasteiger partial charge in [0.1, 0.15) is 79.4 Å². The molecule has 22 nitrogen and oxygen atoms in total. The van der Waals surface area contributed by atoms with Gasteiger partial charge in [0, 0.05) is 13.0 Å². The van der Waals surface area contributed by atoms with E-state index in [4.69, 9.17) is 43.6 Å². The van der Waals surface area contributed by atoms with E-state index in [9.17, 15) is 61.0 Å². The van der Waals surface area contributed by atoms with Gasteiger partial charge >= 0.3 is 0 Å². The summed E-state index contributed by atoms with van der Waals surface area (Å²) in [6, 6.07) is -2.27. The molecule has 0 saturated carbocycles. The van der Waals surface area contributed by atoms with Crippen molar-refractivity contribution >= 4 is 5.91 Å². The summed E-state index contributed by atoms with van der Waals surface area (Å²) in [6.45, 7) is 5.27. The number of unbranched alkanes of at least 4 members (excludes halogenated alkanes) is 23. The lowest BCUT2D eigenvalue weighted by Gasteiger charge is -2.49. The van der Waals surface area contributed by atoms with Crippen molar-refractivity contribution in [3.8, 4) is 0 Å². The topological polar surface area (TPSA) is 351 Å². The highest BCUT2D eigenvalue weighted by atomic mass is 16.8. The summed E-state index contributed by atoms with van der Waals surface area (Å²) in [5.41, 5.74) is 6.95. The smallest absolute Gasteiger partial charge is 0.220 e. The van der Waals surface area contributed by atoms with Crippen LogP contribution in [0.4, 0.5) is 0 Å². The van der Waals surface area contributed by atoms with E-state index in [2.05, 4.69) is 19.2 Å². The van der Waals surface area contributed by atoms with Crippen LogP contribution in [-0.4, -0.2) is 223 Å². The van der Waals surface area contributed by atoms with Crippen molar-refractivity contribution in [2.45, 2.75) is 336 Å². The molecule has 0 bridgehead atoms. The number of hydrogen-bond donors (Lipinski definition) is 13. The fourth-order valence-corrected chi connectivity index (χ4v) is 11.3. The molecule has 0 radical (unpaired) electrons. The number of allylic oxidation sites excluding steroid dienone is 1. The third-order valence-electron chi connectivity index (χ3n) is 16.8. The lowest BCUT2D eigenvalue weighted by Crippen LogP contribution is -2.68. The van der Waals surface area contributed by atoms with Crippen LogP contribution in [0.15, 0.2) is 12.2 Å². The Kier molecular flexibility index (Phi) is 36.3. The van der Waals surface area contributed by atoms with E-state index in [0.717, 1.165) is 44.9 Å². The molecule has 4 aliphatic rings. The Morgan fingerprint density at radius 3 is 1.54 bits per heavy atom. The molecule has 482 valence electrons. The molecule has 22 heteroatoms. The van der Waals surface area contributed by atoms with Gasteiger partial charge in [-0.1, -0.05) is 167 Å². The van der Waals surface area contributed by atoms with Crippen LogP contribution < -0.4 is 11.1 Å². The molecular formula is C60H112N2O20. The third kappa shape index (κ3) is 24.2. The Balaban J connectivity index is 1.49. The van der Waals surface area contributed by atoms with Crippen LogP contribution in [0, 0.1) is 0 Å². The number of aliphatic hydroxyl groups is 11. The Morgan fingerprint density at radius 1 is 0.512 bits per heavy atom. The number of ether oxygens (including phenoxy) is 8. The van der Waals surface area contributed by atoms with Crippen LogP contribution in [0.3, 0.4) is 0 Å². The molecule has 1 amide bonds. The normalized spacial score (nSPS) is 35.3. The highest BCUT2D eigenvalue weighted by molar-refractivity contribution is 5.76. The highest BCUT2D eigenvalue weighted by Gasteiger charge is 2.54. The third-order valence-corrected chi connectivity index (χ3v) is 16.8. The predicted molar refractivity (Wildman–Crippen MR) is 305 cm³/mol. The second kappa shape index (κ2) is 40.8. The molecule has 0 spiro atoms. The zero-order valence-corrected chi connectivity index (χ0v) is 49.9. The van der Waals surface area contributed by atoms with Crippen molar-refractivity contribution in [2.75, 3.05) is 26.4 Å². The van der Waals surface area contributed by atoms with Crippen molar-refractivity contribution in [3.63, 3.8) is 0 Å². The van der Waals surface area contributed by atoms with Gasteiger partial charge in [-0.15, -0.1) is 0 Å². The van der Waals surface area contributed by atoms with Crippen molar-refractivity contribution in [2.24, 2.45) is 5.73 Å². The number of nitrogens with two attached hydrogens (primary N) is 1. The van der Waals surface area contributed by atoms with Gasteiger partial charge < -0.3 is 105 Å². The molecule has 4 rings (SSSR count). The second-order valence-corrected chi connectivity index (χ2v) is 23.6. The van der Waals surface area contributed by atoms with E-state index in [-0.39, 0.29) is 32.0 Å². The molecule has 22 atom stereocenters. The van der Waals surface area contributed by atoms with Gasteiger partial charge in [0.05, 0.1) is 56.3 Å². The Hall–Kier alpha value is -1.59. The first kappa shape index (κ1) is 72.9. The van der Waals surface area contributed by atoms with Crippen LogP contribution in [0.25, 0.3) is 0 Å². The summed E-state index contributed by atoms with van der Waals surface area (Å²) >= 11 is 0. The van der Waals surface area contributed by atoms with E-state index in [1.807, 2.05) is 6.08 Å². The van der Waals surface area contributed by atoms with Crippen LogP contribution in [0.1, 0.15) is 201 Å². The Bertz CT molecular complexity index is 1680. The zero-order valence-electron chi connectivity index (χ0n) is 49.9. The van der Waals surface area contributed by atoms with Crippen molar-refractivity contribution in [1.82, 2.24) is 5.32 Å². The fourth-order valence-electron chi connectivity index (χ4n) is 11.3. The Morgan fingerprint density at radius 2 is 0.988 bits per heavy atom. The molecule has 0 aromatic carbocycles. The lowest BCUT2D eigenvalue weighted by atomic mass is 9.94. The molecule has 4 aliphatic heterocycles. The summed E-state index contributed by atoms with van der Waals surface area (Å²) in [4.78, 5) is 13.6. The number of carbonyl (C=O) groups is 1. The monoisotopic (exact) mass is 1180 g/mol. The number of carbonyl (C=O) groups excluding carboxylic acids is 1. The van der Waals surface area contributed by atoms with Gasteiger partial charge in [-0.2, -0.15) is 0 Å². The van der Waals surface area contributed by atoms with E-state index < -0.39 is 148 Å². The van der Waals surface area contributed by atoms with E-state index >= 15 is 0 Å². The van der Waals surface area contributed by atoms with Gasteiger partial charge in [-0.25, -0.2) is 0 Å². The minimum absolute atomic E-state index is 0.0566. The number of nitrogens with one attached hydrogen (secondary N) is 1. The summed E-state index contributed by atoms with van der Waals surface area (Å²) < 4.78 is 48.8. The number of hydrogen-bond acceptors (Lipinski definition) is 21. The molecule has 4 fully saturated rings. The van der Waals surface area contributed by atoms with Gasteiger partial charge in [0.2, 0.25) is 5.91 Å². The van der Waals surface area contributed by atoms with Gasteiger partial charge in [-0.3, -0.25) is 4.79 Å². The van der Waals surface area contributed by atoms with Gasteiger partial charge in [-0.05, 0) is 39.5 Å². The summed E-state index contributed by atoms with van der Waals surface area (Å²) in [6.07, 6.45) is 3.33. The molecule has 82 heavy (non-hydrogen) atoms. The summed E-state index contributed by atoms with van der Waals surface area (Å²) in [5, 5.41) is 122. The molecule has 4 saturated heterocycles. The van der Waals surface area contributed by atoms with Gasteiger partial charge in [0.15, 0.2) is 18.9 Å². The fraction of sp³-hybridized carbons (Fsp3) is 0.950. The van der Waals surface area contributed by atoms with Crippen LogP contribution in [0.2, 0.25) is 0 Å². The summed E-state index contributed by atoms with van der Waals surface area (Å²) in [5.74, 6) is -0.269. The zero-order chi connectivity index (χ0) is 60.0. The molecule has 4 heterocycles. The van der Waals surface area contributed by atoms with E-state index in [1.54, 1.807) is 6.08 Å². The number of aliphatic hydroxyl groups excluding tert-OH is 11.